The Morgan fingerprint density at radius 3 is 2.23 bits per heavy atom. The summed E-state index contributed by atoms with van der Waals surface area (Å²) in [4.78, 5) is 2.65. The molecule has 0 aromatic rings. The summed E-state index contributed by atoms with van der Waals surface area (Å²) in [6.07, 6.45) is 6.87. The lowest BCUT2D eigenvalue weighted by atomic mass is 9.89. The van der Waals surface area contributed by atoms with Gasteiger partial charge in [0.25, 0.3) is 0 Å². The van der Waals surface area contributed by atoms with Gasteiger partial charge in [-0.15, -0.1) is 0 Å². The zero-order valence-electron chi connectivity index (χ0n) is 8.55. The second kappa shape index (κ2) is 4.40. The van der Waals surface area contributed by atoms with Crippen LogP contribution in [0.1, 0.15) is 32.1 Å². The molecule has 0 bridgehead atoms. The third kappa shape index (κ3) is 2.22. The summed E-state index contributed by atoms with van der Waals surface area (Å²) in [5.74, 6) is 0. The molecule has 0 radical (unpaired) electrons. The van der Waals surface area contributed by atoms with Crippen molar-refractivity contribution in [1.82, 2.24) is 15.8 Å². The van der Waals surface area contributed by atoms with Gasteiger partial charge in [-0.05, 0) is 52.2 Å². The molecular formula is C10H21N3. The van der Waals surface area contributed by atoms with E-state index < -0.39 is 0 Å². The Morgan fingerprint density at radius 1 is 1.08 bits per heavy atom. The Labute approximate surface area is 80.8 Å². The van der Waals surface area contributed by atoms with Crippen molar-refractivity contribution in [3.8, 4) is 0 Å². The average molecular weight is 183 g/mol. The van der Waals surface area contributed by atoms with Crippen molar-refractivity contribution in [2.75, 3.05) is 20.1 Å². The van der Waals surface area contributed by atoms with Gasteiger partial charge in [-0.3, -0.25) is 10.9 Å². The van der Waals surface area contributed by atoms with Gasteiger partial charge in [0, 0.05) is 12.1 Å². The molecule has 13 heavy (non-hydrogen) atoms. The summed E-state index contributed by atoms with van der Waals surface area (Å²) in [7, 11) is 1.96. The Kier molecular flexibility index (Phi) is 3.19. The van der Waals surface area contributed by atoms with E-state index in [0.29, 0.717) is 6.04 Å². The lowest BCUT2D eigenvalue weighted by Gasteiger charge is -2.42. The number of nitrogens with one attached hydrogen (secondary N) is 2. The maximum Gasteiger partial charge on any atom is 0.0214 e. The minimum absolute atomic E-state index is 0.711. The molecule has 1 saturated carbocycles. The van der Waals surface area contributed by atoms with Crippen molar-refractivity contribution in [2.24, 2.45) is 0 Å². The first-order valence-electron chi connectivity index (χ1n) is 5.56. The third-order valence-electron chi connectivity index (χ3n) is 3.45. The van der Waals surface area contributed by atoms with Crippen molar-refractivity contribution in [3.63, 3.8) is 0 Å². The van der Waals surface area contributed by atoms with Crippen LogP contribution in [0.4, 0.5) is 0 Å². The van der Waals surface area contributed by atoms with Crippen molar-refractivity contribution < 1.29 is 0 Å². The maximum atomic E-state index is 3.31. The Bertz CT molecular complexity index is 148. The van der Waals surface area contributed by atoms with E-state index in [1.165, 1.54) is 45.2 Å². The second-order valence-electron chi connectivity index (χ2n) is 4.29. The van der Waals surface area contributed by atoms with E-state index in [1.807, 2.05) is 7.05 Å². The topological polar surface area (TPSA) is 27.3 Å². The molecule has 2 N–H and O–H groups in total. The minimum atomic E-state index is 0.711. The van der Waals surface area contributed by atoms with Crippen LogP contribution < -0.4 is 10.9 Å². The summed E-state index contributed by atoms with van der Waals surface area (Å²) >= 11 is 0. The lowest BCUT2D eigenvalue weighted by molar-refractivity contribution is 0.0826. The molecule has 2 rings (SSSR count). The molecule has 2 fully saturated rings. The standard InChI is InChI=1S/C10H21N3/c1-11-12-9-3-5-10(6-4-9)13-7-2-8-13/h9-12H,2-8H2,1H3. The van der Waals surface area contributed by atoms with Crippen LogP contribution in [0.15, 0.2) is 0 Å². The molecule has 0 aromatic heterocycles. The monoisotopic (exact) mass is 183 g/mol. The molecule has 1 heterocycles. The van der Waals surface area contributed by atoms with E-state index in [4.69, 9.17) is 0 Å². The van der Waals surface area contributed by atoms with Crippen LogP contribution in [-0.4, -0.2) is 37.1 Å². The first kappa shape index (κ1) is 9.44. The molecule has 1 aliphatic heterocycles. The molecule has 76 valence electrons. The van der Waals surface area contributed by atoms with Gasteiger partial charge in [-0.2, -0.15) is 0 Å². The van der Waals surface area contributed by atoms with Crippen LogP contribution in [0, 0.1) is 0 Å². The summed E-state index contributed by atoms with van der Waals surface area (Å²) in [5.41, 5.74) is 6.36. The predicted octanol–water partition coefficient (Wildman–Crippen LogP) is 0.727. The molecule has 0 spiro atoms. The molecule has 1 aliphatic carbocycles. The third-order valence-corrected chi connectivity index (χ3v) is 3.45. The number of hydrazine groups is 1. The normalized spacial score (nSPS) is 35.8. The van der Waals surface area contributed by atoms with Crippen LogP contribution in [0.5, 0.6) is 0 Å². The number of hydrogen-bond acceptors (Lipinski definition) is 3. The van der Waals surface area contributed by atoms with Gasteiger partial charge < -0.3 is 4.90 Å². The molecular weight excluding hydrogens is 162 g/mol. The quantitative estimate of drug-likeness (QED) is 0.632. The minimum Gasteiger partial charge on any atom is -0.300 e. The van der Waals surface area contributed by atoms with Gasteiger partial charge in [0.1, 0.15) is 0 Å². The van der Waals surface area contributed by atoms with Gasteiger partial charge in [0.05, 0.1) is 0 Å². The molecule has 0 unspecified atom stereocenters. The zero-order chi connectivity index (χ0) is 9.10. The molecule has 2 aliphatic rings. The van der Waals surface area contributed by atoms with E-state index in [2.05, 4.69) is 15.8 Å². The molecule has 3 nitrogen and oxygen atoms in total. The van der Waals surface area contributed by atoms with Crippen LogP contribution >= 0.6 is 0 Å². The highest BCUT2D eigenvalue weighted by atomic mass is 15.3. The fraction of sp³-hybridized carbons (Fsp3) is 1.00. The van der Waals surface area contributed by atoms with Crippen LogP contribution in [0.2, 0.25) is 0 Å². The van der Waals surface area contributed by atoms with Crippen LogP contribution in [0.3, 0.4) is 0 Å². The van der Waals surface area contributed by atoms with Gasteiger partial charge in [-0.1, -0.05) is 0 Å². The molecule has 0 atom stereocenters. The SMILES string of the molecule is CNNC1CCC(N2CCC2)CC1. The van der Waals surface area contributed by atoms with E-state index in [0.717, 1.165) is 6.04 Å². The maximum absolute atomic E-state index is 3.31. The molecule has 0 aromatic carbocycles. The van der Waals surface area contributed by atoms with Crippen LogP contribution in [-0.2, 0) is 0 Å². The summed E-state index contributed by atoms with van der Waals surface area (Å²) in [5, 5.41) is 0. The van der Waals surface area contributed by atoms with E-state index in [9.17, 15) is 0 Å². The van der Waals surface area contributed by atoms with Gasteiger partial charge >= 0.3 is 0 Å². The molecule has 0 amide bonds. The number of likely N-dealkylation sites (tertiary alicyclic amines) is 1. The first-order valence-corrected chi connectivity index (χ1v) is 5.56. The Hall–Kier alpha value is -0.120. The van der Waals surface area contributed by atoms with Crippen molar-refractivity contribution in [2.45, 2.75) is 44.2 Å². The van der Waals surface area contributed by atoms with Gasteiger partial charge in [0.2, 0.25) is 0 Å². The van der Waals surface area contributed by atoms with Crippen molar-refractivity contribution in [1.29, 1.82) is 0 Å². The Morgan fingerprint density at radius 2 is 1.77 bits per heavy atom. The number of rotatable bonds is 3. The Balaban J connectivity index is 1.69. The smallest absolute Gasteiger partial charge is 0.0214 e. The van der Waals surface area contributed by atoms with Gasteiger partial charge in [-0.25, -0.2) is 0 Å². The van der Waals surface area contributed by atoms with E-state index >= 15 is 0 Å². The summed E-state index contributed by atoms with van der Waals surface area (Å²) < 4.78 is 0. The number of nitrogens with zero attached hydrogens (tertiary/aromatic N) is 1. The average Bonchev–Trinajstić information content (AvgIpc) is 2.06. The lowest BCUT2D eigenvalue weighted by Crippen LogP contribution is -2.49. The van der Waals surface area contributed by atoms with E-state index in [1.54, 1.807) is 0 Å². The predicted molar refractivity (Wildman–Crippen MR) is 54.4 cm³/mol. The fourth-order valence-electron chi connectivity index (χ4n) is 2.50. The fourth-order valence-corrected chi connectivity index (χ4v) is 2.50. The largest absolute Gasteiger partial charge is 0.300 e. The highest BCUT2D eigenvalue weighted by Crippen LogP contribution is 2.25. The van der Waals surface area contributed by atoms with Crippen molar-refractivity contribution in [3.05, 3.63) is 0 Å². The van der Waals surface area contributed by atoms with Crippen molar-refractivity contribution >= 4 is 0 Å². The molecule has 3 heteroatoms. The highest BCUT2D eigenvalue weighted by Gasteiger charge is 2.28. The van der Waals surface area contributed by atoms with Gasteiger partial charge in [0.15, 0.2) is 0 Å². The first-order chi connectivity index (χ1) is 6.40. The second-order valence-corrected chi connectivity index (χ2v) is 4.29. The van der Waals surface area contributed by atoms with Crippen LogP contribution in [0.25, 0.3) is 0 Å². The van der Waals surface area contributed by atoms with E-state index in [-0.39, 0.29) is 0 Å². The molecule has 1 saturated heterocycles. The summed E-state index contributed by atoms with van der Waals surface area (Å²) in [6, 6.07) is 1.62. The zero-order valence-corrected chi connectivity index (χ0v) is 8.55. The summed E-state index contributed by atoms with van der Waals surface area (Å²) in [6.45, 7) is 2.71. The number of hydrogen-bond donors (Lipinski definition) is 2. The highest BCUT2D eigenvalue weighted by molar-refractivity contribution is 4.85.